The van der Waals surface area contributed by atoms with Crippen molar-refractivity contribution in [2.24, 2.45) is 0 Å². The summed E-state index contributed by atoms with van der Waals surface area (Å²) in [5, 5.41) is 3.44. The quantitative estimate of drug-likeness (QED) is 0.655. The van der Waals surface area contributed by atoms with Crippen LogP contribution >= 0.6 is 0 Å². The first kappa shape index (κ1) is 17.6. The van der Waals surface area contributed by atoms with Crippen molar-refractivity contribution in [3.63, 3.8) is 0 Å². The highest BCUT2D eigenvalue weighted by Crippen LogP contribution is 2.29. The largest absolute Gasteiger partial charge is 0.439 e. The van der Waals surface area contributed by atoms with Crippen LogP contribution < -0.4 is 15.0 Å². The zero-order valence-corrected chi connectivity index (χ0v) is 14.8. The first-order valence-electron chi connectivity index (χ1n) is 8.72. The van der Waals surface area contributed by atoms with Crippen LogP contribution in [0.5, 0.6) is 5.88 Å². The number of nitrogens with one attached hydrogen (secondary N) is 1. The zero-order chi connectivity index (χ0) is 17.7. The molecule has 134 valence electrons. The van der Waals surface area contributed by atoms with E-state index < -0.39 is 0 Å². The van der Waals surface area contributed by atoms with E-state index >= 15 is 0 Å². The highest BCUT2D eigenvalue weighted by atomic mass is 16.5. The van der Waals surface area contributed by atoms with Gasteiger partial charge in [-0.2, -0.15) is 4.98 Å². The Kier molecular flexibility index (Phi) is 5.50. The molecule has 3 heterocycles. The van der Waals surface area contributed by atoms with Crippen LogP contribution in [0.1, 0.15) is 18.5 Å². The van der Waals surface area contributed by atoms with E-state index in [-0.39, 0.29) is 5.60 Å². The Hall–Kier alpha value is -2.18. The molecule has 6 heteroatoms. The normalized spacial score (nSPS) is 20.4. The summed E-state index contributed by atoms with van der Waals surface area (Å²) >= 11 is 0. The summed E-state index contributed by atoms with van der Waals surface area (Å²) in [5.41, 5.74) is 0.846. The van der Waals surface area contributed by atoms with Gasteiger partial charge in [0.1, 0.15) is 5.76 Å². The highest BCUT2D eigenvalue weighted by Gasteiger charge is 2.37. The third kappa shape index (κ3) is 4.27. The van der Waals surface area contributed by atoms with Crippen LogP contribution in [-0.4, -0.2) is 48.4 Å². The van der Waals surface area contributed by atoms with Gasteiger partial charge in [0.2, 0.25) is 11.8 Å². The molecule has 0 atom stereocenters. The number of nitrogens with zero attached hydrogens (tertiary/aromatic N) is 3. The number of morpholine rings is 1. The molecule has 1 aromatic rings. The topological polar surface area (TPSA) is 59.5 Å². The molecule has 0 aromatic carbocycles. The van der Waals surface area contributed by atoms with Crippen molar-refractivity contribution < 1.29 is 9.47 Å². The van der Waals surface area contributed by atoms with E-state index in [9.17, 15) is 0 Å². The minimum Gasteiger partial charge on any atom is -0.439 e. The average Bonchev–Trinajstić information content (AvgIpc) is 2.62. The molecule has 0 radical (unpaired) electrons. The van der Waals surface area contributed by atoms with Crippen molar-refractivity contribution in [2.75, 3.05) is 37.7 Å². The lowest BCUT2D eigenvalue weighted by atomic mass is 9.90. The van der Waals surface area contributed by atoms with E-state index in [2.05, 4.69) is 33.3 Å². The standard InChI is InChI=1S/C19H26N4O2/c1-4-6-16(5-2)25-17-13-15(3)21-18(22-17)23-10-7-19(8-11-23)14-20-9-12-24-19/h4-6,13,20H,1-2,7-12,14H2,3H3/b16-6+. The minimum absolute atomic E-state index is 0.0272. The summed E-state index contributed by atoms with van der Waals surface area (Å²) in [5.74, 6) is 1.83. The molecule has 25 heavy (non-hydrogen) atoms. The van der Waals surface area contributed by atoms with Crippen molar-refractivity contribution in [1.82, 2.24) is 15.3 Å². The second kappa shape index (κ2) is 7.80. The molecule has 0 amide bonds. The molecule has 0 bridgehead atoms. The van der Waals surface area contributed by atoms with Gasteiger partial charge in [-0.05, 0) is 31.9 Å². The van der Waals surface area contributed by atoms with Crippen LogP contribution in [-0.2, 0) is 4.74 Å². The SMILES string of the molecule is C=C/C=C(\C=C)Oc1cc(C)nc(N2CCC3(CC2)CNCCO3)n1. The third-order valence-corrected chi connectivity index (χ3v) is 4.62. The van der Waals surface area contributed by atoms with E-state index in [1.807, 2.05) is 13.0 Å². The molecule has 0 saturated carbocycles. The van der Waals surface area contributed by atoms with Crippen molar-refractivity contribution in [3.8, 4) is 5.88 Å². The molecule has 6 nitrogen and oxygen atoms in total. The summed E-state index contributed by atoms with van der Waals surface area (Å²) in [6, 6.07) is 1.82. The lowest BCUT2D eigenvalue weighted by molar-refractivity contribution is -0.0801. The molecule has 2 aliphatic rings. The first-order valence-corrected chi connectivity index (χ1v) is 8.72. The van der Waals surface area contributed by atoms with Gasteiger partial charge in [0.15, 0.2) is 0 Å². The molecule has 2 fully saturated rings. The number of anilines is 1. The van der Waals surface area contributed by atoms with Gasteiger partial charge < -0.3 is 19.7 Å². The van der Waals surface area contributed by atoms with Gasteiger partial charge in [-0.25, -0.2) is 4.98 Å². The van der Waals surface area contributed by atoms with Gasteiger partial charge in [0.25, 0.3) is 0 Å². The Morgan fingerprint density at radius 1 is 1.36 bits per heavy atom. The maximum Gasteiger partial charge on any atom is 0.228 e. The van der Waals surface area contributed by atoms with E-state index in [1.54, 1.807) is 18.2 Å². The Morgan fingerprint density at radius 3 is 2.80 bits per heavy atom. The van der Waals surface area contributed by atoms with Gasteiger partial charge in [-0.3, -0.25) is 0 Å². The number of rotatable bonds is 5. The van der Waals surface area contributed by atoms with E-state index in [1.165, 1.54) is 0 Å². The lowest BCUT2D eigenvalue weighted by Gasteiger charge is -2.44. The summed E-state index contributed by atoms with van der Waals surface area (Å²) in [6.07, 6.45) is 7.00. The fourth-order valence-electron chi connectivity index (χ4n) is 3.24. The van der Waals surface area contributed by atoms with E-state index in [0.717, 1.165) is 51.3 Å². The monoisotopic (exact) mass is 342 g/mol. The van der Waals surface area contributed by atoms with Gasteiger partial charge in [-0.15, -0.1) is 0 Å². The van der Waals surface area contributed by atoms with Gasteiger partial charge in [0, 0.05) is 37.9 Å². The van der Waals surface area contributed by atoms with Crippen LogP contribution in [0, 0.1) is 6.92 Å². The predicted octanol–water partition coefficient (Wildman–Crippen LogP) is 2.38. The Balaban J connectivity index is 1.71. The number of hydrogen-bond donors (Lipinski definition) is 1. The number of aromatic nitrogens is 2. The Labute approximate surface area is 149 Å². The summed E-state index contributed by atoms with van der Waals surface area (Å²) < 4.78 is 11.8. The molecule has 2 saturated heterocycles. The molecule has 0 unspecified atom stereocenters. The third-order valence-electron chi connectivity index (χ3n) is 4.62. The van der Waals surface area contributed by atoms with Gasteiger partial charge >= 0.3 is 0 Å². The molecule has 0 aliphatic carbocycles. The Morgan fingerprint density at radius 2 is 2.16 bits per heavy atom. The molecule has 1 N–H and O–H groups in total. The molecule has 1 aromatic heterocycles. The summed E-state index contributed by atoms with van der Waals surface area (Å²) in [6.45, 7) is 13.8. The zero-order valence-electron chi connectivity index (χ0n) is 14.8. The maximum atomic E-state index is 6.05. The fraction of sp³-hybridized carbons (Fsp3) is 0.474. The molecule has 3 rings (SSSR count). The fourth-order valence-corrected chi connectivity index (χ4v) is 3.24. The molecule has 2 aliphatic heterocycles. The van der Waals surface area contributed by atoms with Crippen LogP contribution in [0.2, 0.25) is 0 Å². The predicted molar refractivity (Wildman–Crippen MR) is 98.9 cm³/mol. The highest BCUT2D eigenvalue weighted by molar-refractivity contribution is 5.36. The van der Waals surface area contributed by atoms with Crippen molar-refractivity contribution in [3.05, 3.63) is 48.9 Å². The molecular weight excluding hydrogens is 316 g/mol. The van der Waals surface area contributed by atoms with Crippen molar-refractivity contribution >= 4 is 5.95 Å². The molecular formula is C19H26N4O2. The summed E-state index contributed by atoms with van der Waals surface area (Å²) in [7, 11) is 0. The Bertz CT molecular complexity index is 655. The lowest BCUT2D eigenvalue weighted by Crippen LogP contribution is -2.55. The average molecular weight is 342 g/mol. The van der Waals surface area contributed by atoms with Gasteiger partial charge in [0.05, 0.1) is 12.2 Å². The maximum absolute atomic E-state index is 6.05. The van der Waals surface area contributed by atoms with Crippen LogP contribution in [0.4, 0.5) is 5.95 Å². The van der Waals surface area contributed by atoms with Crippen LogP contribution in [0.15, 0.2) is 43.2 Å². The van der Waals surface area contributed by atoms with Crippen LogP contribution in [0.25, 0.3) is 0 Å². The van der Waals surface area contributed by atoms with Crippen molar-refractivity contribution in [1.29, 1.82) is 0 Å². The van der Waals surface area contributed by atoms with Crippen LogP contribution in [0.3, 0.4) is 0 Å². The van der Waals surface area contributed by atoms with E-state index in [0.29, 0.717) is 17.6 Å². The van der Waals surface area contributed by atoms with Gasteiger partial charge in [-0.1, -0.05) is 19.2 Å². The van der Waals surface area contributed by atoms with E-state index in [4.69, 9.17) is 9.47 Å². The number of hydrogen-bond acceptors (Lipinski definition) is 6. The minimum atomic E-state index is -0.0272. The number of allylic oxidation sites excluding steroid dienone is 3. The van der Waals surface area contributed by atoms with Crippen molar-refractivity contribution in [2.45, 2.75) is 25.4 Å². The molecule has 1 spiro atoms. The first-order chi connectivity index (χ1) is 12.1. The number of ether oxygens (including phenoxy) is 2. The summed E-state index contributed by atoms with van der Waals surface area (Å²) in [4.78, 5) is 11.4. The number of aryl methyl sites for hydroxylation is 1. The second-order valence-corrected chi connectivity index (χ2v) is 6.45. The second-order valence-electron chi connectivity index (χ2n) is 6.45. The smallest absolute Gasteiger partial charge is 0.228 e. The number of piperidine rings is 1.